The average molecular weight is 368 g/mol. The zero-order valence-electron chi connectivity index (χ0n) is 14.8. The molecule has 0 aromatic carbocycles. The lowest BCUT2D eigenvalue weighted by atomic mass is 10.0. The number of hydrogen-bond donors (Lipinski definition) is 0. The van der Waals surface area contributed by atoms with Crippen LogP contribution in [0.2, 0.25) is 0 Å². The molecule has 0 N–H and O–H groups in total. The fourth-order valence-electron chi connectivity index (χ4n) is 3.74. The minimum atomic E-state index is -3.16. The van der Waals surface area contributed by atoms with Crippen LogP contribution in [0.15, 0.2) is 6.07 Å². The van der Waals surface area contributed by atoms with E-state index in [1.165, 1.54) is 0 Å². The van der Waals surface area contributed by atoms with E-state index >= 15 is 0 Å². The molecule has 0 aliphatic carbocycles. The van der Waals surface area contributed by atoms with Crippen LogP contribution in [0.25, 0.3) is 0 Å². The van der Waals surface area contributed by atoms with Gasteiger partial charge in [-0.3, -0.25) is 9.69 Å². The second kappa shape index (κ2) is 6.97. The van der Waals surface area contributed by atoms with Gasteiger partial charge in [0.2, 0.25) is 0 Å². The van der Waals surface area contributed by atoms with Gasteiger partial charge in [0.1, 0.15) is 11.5 Å². The van der Waals surface area contributed by atoms with E-state index in [9.17, 15) is 13.2 Å². The number of aryl methyl sites for hydroxylation is 2. The van der Waals surface area contributed by atoms with Gasteiger partial charge in [-0.25, -0.2) is 18.4 Å². The van der Waals surface area contributed by atoms with E-state index in [2.05, 4.69) is 14.9 Å². The Balaban J connectivity index is 1.86. The van der Waals surface area contributed by atoms with Crippen molar-refractivity contribution < 1.29 is 17.9 Å². The summed E-state index contributed by atoms with van der Waals surface area (Å²) in [4.78, 5) is 25.2. The molecule has 9 heteroatoms. The van der Waals surface area contributed by atoms with Crippen LogP contribution in [0.3, 0.4) is 0 Å². The van der Waals surface area contributed by atoms with Crippen molar-refractivity contribution >= 4 is 15.7 Å². The molecule has 138 valence electrons. The number of aromatic nitrogens is 2. The van der Waals surface area contributed by atoms with E-state index in [1.54, 1.807) is 25.0 Å². The Bertz CT molecular complexity index is 747. The average Bonchev–Trinajstić information content (AvgIpc) is 2.86. The molecule has 1 amide bonds. The molecule has 0 saturated carbocycles. The Morgan fingerprint density at radius 3 is 2.64 bits per heavy atom. The first kappa shape index (κ1) is 18.2. The third kappa shape index (κ3) is 3.83. The topological polar surface area (TPSA) is 92.7 Å². The summed E-state index contributed by atoms with van der Waals surface area (Å²) >= 11 is 0. The van der Waals surface area contributed by atoms with Crippen LogP contribution in [0, 0.1) is 13.8 Å². The lowest BCUT2D eigenvalue weighted by molar-refractivity contribution is 0.0243. The Labute approximate surface area is 148 Å². The van der Waals surface area contributed by atoms with Crippen molar-refractivity contribution in [2.75, 3.05) is 44.9 Å². The SMILES string of the molecule is COCCN1CCN(C(=O)c2cc(C)nc(C)n2)C2CS(=O)(=O)CC21. The van der Waals surface area contributed by atoms with Crippen molar-refractivity contribution in [2.24, 2.45) is 0 Å². The minimum absolute atomic E-state index is 0.00986. The molecule has 1 aromatic rings. The first-order valence-electron chi connectivity index (χ1n) is 8.37. The van der Waals surface area contributed by atoms with Crippen LogP contribution in [-0.4, -0.2) is 91.0 Å². The molecular formula is C16H24N4O4S. The van der Waals surface area contributed by atoms with Crippen molar-refractivity contribution in [1.29, 1.82) is 0 Å². The predicted octanol–water partition coefficient (Wildman–Crippen LogP) is -0.337. The highest BCUT2D eigenvalue weighted by Gasteiger charge is 2.48. The number of ether oxygens (including phenoxy) is 1. The molecule has 2 saturated heterocycles. The highest BCUT2D eigenvalue weighted by Crippen LogP contribution is 2.28. The molecule has 0 radical (unpaired) electrons. The van der Waals surface area contributed by atoms with Gasteiger partial charge >= 0.3 is 0 Å². The van der Waals surface area contributed by atoms with Gasteiger partial charge < -0.3 is 9.64 Å². The van der Waals surface area contributed by atoms with Gasteiger partial charge in [0.05, 0.1) is 24.2 Å². The highest BCUT2D eigenvalue weighted by atomic mass is 32.2. The monoisotopic (exact) mass is 368 g/mol. The van der Waals surface area contributed by atoms with Gasteiger partial charge in [-0.05, 0) is 19.9 Å². The maximum atomic E-state index is 13.0. The highest BCUT2D eigenvalue weighted by molar-refractivity contribution is 7.91. The van der Waals surface area contributed by atoms with Gasteiger partial charge in [-0.1, -0.05) is 0 Å². The van der Waals surface area contributed by atoms with E-state index < -0.39 is 9.84 Å². The lowest BCUT2D eigenvalue weighted by Gasteiger charge is -2.43. The molecule has 1 aromatic heterocycles. The van der Waals surface area contributed by atoms with Gasteiger partial charge in [0.25, 0.3) is 5.91 Å². The molecule has 8 nitrogen and oxygen atoms in total. The molecule has 2 aliphatic heterocycles. The largest absolute Gasteiger partial charge is 0.383 e. The maximum Gasteiger partial charge on any atom is 0.272 e. The van der Waals surface area contributed by atoms with Crippen LogP contribution in [0.4, 0.5) is 0 Å². The second-order valence-corrected chi connectivity index (χ2v) is 8.83. The fourth-order valence-corrected chi connectivity index (χ4v) is 5.75. The number of nitrogens with zero attached hydrogens (tertiary/aromatic N) is 4. The number of rotatable bonds is 4. The van der Waals surface area contributed by atoms with Crippen LogP contribution >= 0.6 is 0 Å². The molecule has 2 atom stereocenters. The van der Waals surface area contributed by atoms with Crippen molar-refractivity contribution in [3.63, 3.8) is 0 Å². The number of fused-ring (bicyclic) bond motifs is 1. The zero-order chi connectivity index (χ0) is 18.2. The van der Waals surface area contributed by atoms with Crippen molar-refractivity contribution in [2.45, 2.75) is 25.9 Å². The first-order chi connectivity index (χ1) is 11.8. The van der Waals surface area contributed by atoms with Gasteiger partial charge in [0.15, 0.2) is 9.84 Å². The normalized spacial score (nSPS) is 25.8. The van der Waals surface area contributed by atoms with Gasteiger partial charge in [-0.15, -0.1) is 0 Å². The number of carbonyl (C=O) groups is 1. The summed E-state index contributed by atoms with van der Waals surface area (Å²) in [7, 11) is -1.53. The van der Waals surface area contributed by atoms with E-state index in [1.807, 2.05) is 6.92 Å². The standard InChI is InChI=1S/C16H24N4O4S/c1-11-8-13(18-12(2)17-11)16(21)20-5-4-19(6-7-24-3)14-9-25(22,23)10-15(14)20/h8,14-15H,4-7,9-10H2,1-3H3. The third-order valence-corrected chi connectivity index (χ3v) is 6.52. The summed E-state index contributed by atoms with van der Waals surface area (Å²) in [5.41, 5.74) is 1.06. The Morgan fingerprint density at radius 1 is 1.24 bits per heavy atom. The molecular weight excluding hydrogens is 344 g/mol. The smallest absolute Gasteiger partial charge is 0.272 e. The van der Waals surface area contributed by atoms with E-state index in [-0.39, 0.29) is 29.5 Å². The van der Waals surface area contributed by atoms with Crippen molar-refractivity contribution in [3.05, 3.63) is 23.3 Å². The molecule has 2 unspecified atom stereocenters. The summed E-state index contributed by atoms with van der Waals surface area (Å²) in [5.74, 6) is 0.424. The number of sulfone groups is 1. The summed E-state index contributed by atoms with van der Waals surface area (Å²) < 4.78 is 29.5. The Kier molecular flexibility index (Phi) is 5.08. The van der Waals surface area contributed by atoms with Crippen molar-refractivity contribution in [3.8, 4) is 0 Å². The predicted molar refractivity (Wildman–Crippen MR) is 92.2 cm³/mol. The molecule has 25 heavy (non-hydrogen) atoms. The van der Waals surface area contributed by atoms with Crippen LogP contribution in [-0.2, 0) is 14.6 Å². The van der Waals surface area contributed by atoms with Crippen molar-refractivity contribution in [1.82, 2.24) is 19.8 Å². The van der Waals surface area contributed by atoms with Gasteiger partial charge in [-0.2, -0.15) is 0 Å². The molecule has 2 aliphatic rings. The van der Waals surface area contributed by atoms with Gasteiger partial charge in [0, 0.05) is 38.5 Å². The number of hydrogen-bond acceptors (Lipinski definition) is 7. The zero-order valence-corrected chi connectivity index (χ0v) is 15.6. The van der Waals surface area contributed by atoms with E-state index in [0.29, 0.717) is 37.8 Å². The fraction of sp³-hybridized carbons (Fsp3) is 0.688. The number of amides is 1. The molecule has 3 heterocycles. The summed E-state index contributed by atoms with van der Waals surface area (Å²) in [5, 5.41) is 0. The van der Waals surface area contributed by atoms with Crippen LogP contribution < -0.4 is 0 Å². The Morgan fingerprint density at radius 2 is 1.96 bits per heavy atom. The Hall–Kier alpha value is -1.58. The maximum absolute atomic E-state index is 13.0. The van der Waals surface area contributed by atoms with E-state index in [0.717, 1.165) is 5.69 Å². The lowest BCUT2D eigenvalue weighted by Crippen LogP contribution is -2.61. The summed E-state index contributed by atoms with van der Waals surface area (Å²) in [6, 6.07) is 1.14. The third-order valence-electron chi connectivity index (χ3n) is 4.82. The van der Waals surface area contributed by atoms with Crippen LogP contribution in [0.5, 0.6) is 0 Å². The number of methoxy groups -OCH3 is 1. The van der Waals surface area contributed by atoms with E-state index in [4.69, 9.17) is 4.74 Å². The molecule has 0 spiro atoms. The molecule has 3 rings (SSSR count). The minimum Gasteiger partial charge on any atom is -0.383 e. The molecule has 0 bridgehead atoms. The second-order valence-electron chi connectivity index (χ2n) is 6.68. The van der Waals surface area contributed by atoms with Crippen LogP contribution in [0.1, 0.15) is 22.0 Å². The first-order valence-corrected chi connectivity index (χ1v) is 10.2. The number of piperazine rings is 1. The summed E-state index contributed by atoms with van der Waals surface area (Å²) in [6.45, 7) is 5.89. The number of carbonyl (C=O) groups excluding carboxylic acids is 1. The quantitative estimate of drug-likeness (QED) is 0.718. The molecule has 2 fully saturated rings. The summed E-state index contributed by atoms with van der Waals surface area (Å²) in [6.07, 6.45) is 0.